The summed E-state index contributed by atoms with van der Waals surface area (Å²) in [5.74, 6) is 0.263. The van der Waals surface area contributed by atoms with E-state index in [0.29, 0.717) is 22.1 Å². The number of allylic oxidation sites excluding steroid dienone is 1. The molecule has 2 aromatic carbocycles. The number of hydrogen-bond acceptors (Lipinski definition) is 5. The van der Waals surface area contributed by atoms with Crippen LogP contribution in [-0.2, 0) is 4.79 Å². The number of ketones is 1. The molecular weight excluding hydrogens is 396 g/mol. The third kappa shape index (κ3) is 4.49. The first-order valence-electron chi connectivity index (χ1n) is 9.51. The van der Waals surface area contributed by atoms with Crippen LogP contribution in [0.25, 0.3) is 6.08 Å². The molecule has 5 nitrogen and oxygen atoms in total. The third-order valence-corrected chi connectivity index (χ3v) is 5.55. The van der Waals surface area contributed by atoms with Gasteiger partial charge in [-0.1, -0.05) is 24.3 Å². The van der Waals surface area contributed by atoms with Gasteiger partial charge in [-0.15, -0.1) is 11.3 Å². The van der Waals surface area contributed by atoms with Crippen molar-refractivity contribution in [1.82, 2.24) is 4.98 Å². The molecular formula is C24H24N2O3S. The number of rotatable bonds is 6. The fraction of sp³-hybridized carbons (Fsp3) is 0.208. The van der Waals surface area contributed by atoms with Crippen molar-refractivity contribution in [3.63, 3.8) is 0 Å². The van der Waals surface area contributed by atoms with Crippen LogP contribution in [0.15, 0.2) is 47.9 Å². The first-order chi connectivity index (χ1) is 14.3. The molecule has 3 aromatic rings. The molecule has 0 aliphatic carbocycles. The van der Waals surface area contributed by atoms with E-state index in [1.165, 1.54) is 24.3 Å². The number of para-hydroxylation sites is 1. The Balaban J connectivity index is 1.88. The number of ether oxygens (including phenoxy) is 1. The maximum Gasteiger partial charge on any atom is 0.230 e. The standard InChI is InChI=1S/C24H24N2O3S/c1-15-9-11-20(22(13-15)29-5)21(28)12-10-19-14-30-24(25-19)26(18(4)27)23-16(2)7-6-8-17(23)3/h6-14H,1-5H3/b12-10+. The lowest BCUT2D eigenvalue weighted by atomic mass is 10.1. The lowest BCUT2D eigenvalue weighted by molar-refractivity contribution is -0.115. The van der Waals surface area contributed by atoms with Crippen molar-refractivity contribution < 1.29 is 14.3 Å². The molecule has 3 rings (SSSR count). The first-order valence-corrected chi connectivity index (χ1v) is 10.4. The SMILES string of the molecule is COc1cc(C)ccc1C(=O)/C=C/c1csc(N(C(C)=O)c2c(C)cccc2C)n1. The van der Waals surface area contributed by atoms with E-state index in [2.05, 4.69) is 4.98 Å². The predicted molar refractivity (Wildman–Crippen MR) is 122 cm³/mol. The van der Waals surface area contributed by atoms with E-state index in [1.807, 2.05) is 56.5 Å². The van der Waals surface area contributed by atoms with Crippen LogP contribution in [0.1, 0.15) is 39.7 Å². The van der Waals surface area contributed by atoms with Gasteiger partial charge in [0.15, 0.2) is 10.9 Å². The summed E-state index contributed by atoms with van der Waals surface area (Å²) in [6.07, 6.45) is 3.13. The predicted octanol–water partition coefficient (Wildman–Crippen LogP) is 5.66. The molecule has 0 saturated heterocycles. The second-order valence-electron chi connectivity index (χ2n) is 7.05. The summed E-state index contributed by atoms with van der Waals surface area (Å²) in [6.45, 7) is 7.41. The molecule has 1 aromatic heterocycles. The van der Waals surface area contributed by atoms with Crippen molar-refractivity contribution in [2.24, 2.45) is 0 Å². The quantitative estimate of drug-likeness (QED) is 0.381. The maximum atomic E-state index is 12.6. The first kappa shape index (κ1) is 21.5. The Kier molecular flexibility index (Phi) is 6.47. The molecule has 0 aliphatic heterocycles. The summed E-state index contributed by atoms with van der Waals surface area (Å²) >= 11 is 1.36. The average molecular weight is 421 g/mol. The Morgan fingerprint density at radius 3 is 2.43 bits per heavy atom. The van der Waals surface area contributed by atoms with E-state index >= 15 is 0 Å². The van der Waals surface area contributed by atoms with Crippen molar-refractivity contribution in [1.29, 1.82) is 0 Å². The highest BCUT2D eigenvalue weighted by molar-refractivity contribution is 7.14. The molecule has 0 atom stereocenters. The number of carbonyl (C=O) groups excluding carboxylic acids is 2. The van der Waals surface area contributed by atoms with Gasteiger partial charge in [-0.3, -0.25) is 14.5 Å². The summed E-state index contributed by atoms with van der Waals surface area (Å²) < 4.78 is 5.32. The molecule has 1 amide bonds. The lowest BCUT2D eigenvalue weighted by Crippen LogP contribution is -2.24. The normalized spacial score (nSPS) is 11.0. The molecule has 0 bridgehead atoms. The van der Waals surface area contributed by atoms with Gasteiger partial charge in [0, 0.05) is 12.3 Å². The van der Waals surface area contributed by atoms with Crippen molar-refractivity contribution in [2.75, 3.05) is 12.0 Å². The zero-order valence-electron chi connectivity index (χ0n) is 17.7. The minimum atomic E-state index is -0.167. The Bertz CT molecular complexity index is 1110. The Hall–Kier alpha value is -3.25. The van der Waals surface area contributed by atoms with Crippen LogP contribution in [-0.4, -0.2) is 23.8 Å². The monoisotopic (exact) mass is 420 g/mol. The number of methoxy groups -OCH3 is 1. The molecule has 30 heavy (non-hydrogen) atoms. The summed E-state index contributed by atoms with van der Waals surface area (Å²) in [4.78, 5) is 31.2. The minimum absolute atomic E-state index is 0.113. The minimum Gasteiger partial charge on any atom is -0.496 e. The molecule has 0 radical (unpaired) electrons. The Morgan fingerprint density at radius 2 is 1.80 bits per heavy atom. The van der Waals surface area contributed by atoms with Gasteiger partial charge in [0.05, 0.1) is 24.1 Å². The fourth-order valence-corrected chi connectivity index (χ4v) is 4.10. The largest absolute Gasteiger partial charge is 0.496 e. The van der Waals surface area contributed by atoms with Crippen LogP contribution in [0.3, 0.4) is 0 Å². The molecule has 0 saturated carbocycles. The van der Waals surface area contributed by atoms with Crippen molar-refractivity contribution in [3.8, 4) is 5.75 Å². The topological polar surface area (TPSA) is 59.5 Å². The molecule has 6 heteroatoms. The van der Waals surface area contributed by atoms with Gasteiger partial charge in [0.25, 0.3) is 0 Å². The zero-order valence-corrected chi connectivity index (χ0v) is 18.5. The van der Waals surface area contributed by atoms with Crippen LogP contribution in [0.4, 0.5) is 10.8 Å². The van der Waals surface area contributed by atoms with Gasteiger partial charge in [-0.2, -0.15) is 0 Å². The fourth-order valence-electron chi connectivity index (χ4n) is 3.25. The molecule has 0 aliphatic rings. The number of nitrogens with zero attached hydrogens (tertiary/aromatic N) is 2. The van der Waals surface area contributed by atoms with Gasteiger partial charge in [-0.25, -0.2) is 4.98 Å². The van der Waals surface area contributed by atoms with Crippen LogP contribution in [0.2, 0.25) is 0 Å². The number of carbonyl (C=O) groups is 2. The van der Waals surface area contributed by atoms with E-state index in [1.54, 1.807) is 24.2 Å². The van der Waals surface area contributed by atoms with Crippen LogP contribution < -0.4 is 9.64 Å². The molecule has 0 spiro atoms. The number of hydrogen-bond donors (Lipinski definition) is 0. The van der Waals surface area contributed by atoms with E-state index in [4.69, 9.17) is 4.74 Å². The Labute approximate surface area is 180 Å². The summed E-state index contributed by atoms with van der Waals surface area (Å²) in [6, 6.07) is 11.4. The molecule has 154 valence electrons. The number of aryl methyl sites for hydroxylation is 3. The number of aromatic nitrogens is 1. The van der Waals surface area contributed by atoms with Crippen LogP contribution in [0.5, 0.6) is 5.75 Å². The van der Waals surface area contributed by atoms with E-state index in [9.17, 15) is 9.59 Å². The van der Waals surface area contributed by atoms with Gasteiger partial charge >= 0.3 is 0 Å². The molecule has 0 fully saturated rings. The molecule has 1 heterocycles. The highest BCUT2D eigenvalue weighted by Crippen LogP contribution is 2.34. The number of amides is 1. The van der Waals surface area contributed by atoms with Crippen LogP contribution in [0, 0.1) is 20.8 Å². The second kappa shape index (κ2) is 9.05. The lowest BCUT2D eigenvalue weighted by Gasteiger charge is -2.22. The zero-order chi connectivity index (χ0) is 21.8. The van der Waals surface area contributed by atoms with E-state index in [0.717, 1.165) is 22.4 Å². The average Bonchev–Trinajstić information content (AvgIpc) is 3.16. The highest BCUT2D eigenvalue weighted by atomic mass is 32.1. The van der Waals surface area contributed by atoms with Crippen molar-refractivity contribution in [2.45, 2.75) is 27.7 Å². The van der Waals surface area contributed by atoms with Gasteiger partial charge in [-0.05, 0) is 61.7 Å². The number of thiazole rings is 1. The highest BCUT2D eigenvalue weighted by Gasteiger charge is 2.21. The van der Waals surface area contributed by atoms with E-state index < -0.39 is 0 Å². The third-order valence-electron chi connectivity index (χ3n) is 4.71. The van der Waals surface area contributed by atoms with Crippen molar-refractivity contribution in [3.05, 3.63) is 75.8 Å². The van der Waals surface area contributed by atoms with E-state index in [-0.39, 0.29) is 11.7 Å². The Morgan fingerprint density at radius 1 is 1.10 bits per heavy atom. The molecule has 0 unspecified atom stereocenters. The summed E-state index contributed by atoms with van der Waals surface area (Å²) in [7, 11) is 1.55. The maximum absolute atomic E-state index is 12.6. The van der Waals surface area contributed by atoms with Gasteiger partial charge < -0.3 is 4.74 Å². The van der Waals surface area contributed by atoms with Crippen LogP contribution >= 0.6 is 11.3 Å². The van der Waals surface area contributed by atoms with Gasteiger partial charge in [0.1, 0.15) is 5.75 Å². The number of benzene rings is 2. The summed E-state index contributed by atoms with van der Waals surface area (Å²) in [5.41, 5.74) is 4.98. The van der Waals surface area contributed by atoms with Gasteiger partial charge in [0.2, 0.25) is 5.91 Å². The van der Waals surface area contributed by atoms with Crippen molar-refractivity contribution >= 4 is 39.9 Å². The smallest absolute Gasteiger partial charge is 0.230 e. The second-order valence-corrected chi connectivity index (χ2v) is 7.89. The molecule has 0 N–H and O–H groups in total. The number of anilines is 2. The summed E-state index contributed by atoms with van der Waals surface area (Å²) in [5, 5.41) is 2.40.